The highest BCUT2D eigenvalue weighted by Crippen LogP contribution is 2.20. The van der Waals surface area contributed by atoms with Crippen molar-refractivity contribution in [3.05, 3.63) is 47.0 Å². The largest absolute Gasteiger partial charge is 0.326 e. The number of hydrogen-bond acceptors (Lipinski definition) is 2. The molecule has 0 aliphatic heterocycles. The Morgan fingerprint density at radius 1 is 1.18 bits per heavy atom. The molecule has 3 nitrogen and oxygen atoms in total. The molecule has 0 aliphatic rings. The Labute approximate surface area is 95.7 Å². The number of nitrogens with zero attached hydrogens (tertiary/aromatic N) is 2. The van der Waals surface area contributed by atoms with Crippen LogP contribution in [0.2, 0.25) is 0 Å². The van der Waals surface area contributed by atoms with Gasteiger partial charge in [0.05, 0.1) is 6.20 Å². The molecule has 0 bridgehead atoms. The Bertz CT molecular complexity index is 563. The molecule has 6 heteroatoms. The van der Waals surface area contributed by atoms with Gasteiger partial charge >= 0.3 is 0 Å². The van der Waals surface area contributed by atoms with Crippen LogP contribution in [0.5, 0.6) is 0 Å². The van der Waals surface area contributed by atoms with Gasteiger partial charge in [-0.05, 0) is 6.92 Å². The van der Waals surface area contributed by atoms with Crippen LogP contribution in [0.1, 0.15) is 11.3 Å². The number of halogens is 3. The van der Waals surface area contributed by atoms with Crippen molar-refractivity contribution in [2.24, 2.45) is 5.73 Å². The topological polar surface area (TPSA) is 43.8 Å². The van der Waals surface area contributed by atoms with E-state index in [2.05, 4.69) is 5.10 Å². The molecule has 2 N–H and O–H groups in total. The minimum atomic E-state index is -1.23. The van der Waals surface area contributed by atoms with Crippen LogP contribution >= 0.6 is 0 Å². The maximum atomic E-state index is 13.5. The average molecular weight is 241 g/mol. The summed E-state index contributed by atoms with van der Waals surface area (Å²) < 4.78 is 40.5. The molecule has 2 rings (SSSR count). The summed E-state index contributed by atoms with van der Waals surface area (Å²) in [6.45, 7) is 1.92. The van der Waals surface area contributed by atoms with E-state index in [0.717, 1.165) is 6.07 Å². The van der Waals surface area contributed by atoms with Crippen molar-refractivity contribution in [1.82, 2.24) is 9.78 Å². The fraction of sp³-hybridized carbons (Fsp3) is 0.182. The fourth-order valence-corrected chi connectivity index (χ4v) is 1.56. The molecule has 90 valence electrons. The summed E-state index contributed by atoms with van der Waals surface area (Å²) in [5, 5.41) is 3.90. The van der Waals surface area contributed by atoms with Crippen LogP contribution in [0, 0.1) is 24.4 Å². The molecule has 0 fully saturated rings. The molecule has 0 saturated carbocycles. The second-order valence-corrected chi connectivity index (χ2v) is 3.59. The second kappa shape index (κ2) is 4.21. The zero-order valence-corrected chi connectivity index (χ0v) is 9.04. The van der Waals surface area contributed by atoms with Gasteiger partial charge in [0, 0.05) is 29.9 Å². The van der Waals surface area contributed by atoms with Crippen molar-refractivity contribution in [1.29, 1.82) is 0 Å². The Kier molecular flexibility index (Phi) is 2.89. The first-order valence-electron chi connectivity index (χ1n) is 4.93. The molecule has 0 unspecified atom stereocenters. The Morgan fingerprint density at radius 2 is 1.82 bits per heavy atom. The Balaban J connectivity index is 2.60. The first-order chi connectivity index (χ1) is 8.04. The van der Waals surface area contributed by atoms with Gasteiger partial charge < -0.3 is 5.73 Å². The number of hydrogen-bond donors (Lipinski definition) is 1. The highest BCUT2D eigenvalue weighted by molar-refractivity contribution is 5.37. The number of aromatic nitrogens is 2. The van der Waals surface area contributed by atoms with Gasteiger partial charge in [0.15, 0.2) is 17.5 Å². The van der Waals surface area contributed by atoms with Gasteiger partial charge in [-0.3, -0.25) is 0 Å². The van der Waals surface area contributed by atoms with Crippen molar-refractivity contribution < 1.29 is 13.2 Å². The summed E-state index contributed by atoms with van der Waals surface area (Å²) in [5.74, 6) is -3.22. The minimum Gasteiger partial charge on any atom is -0.326 e. The zero-order valence-electron chi connectivity index (χ0n) is 9.04. The summed E-state index contributed by atoms with van der Waals surface area (Å²) in [4.78, 5) is 0. The third kappa shape index (κ3) is 1.91. The predicted octanol–water partition coefficient (Wildman–Crippen LogP) is 2.06. The van der Waals surface area contributed by atoms with E-state index in [1.807, 2.05) is 0 Å². The summed E-state index contributed by atoms with van der Waals surface area (Å²) in [6, 6.07) is 1.26. The van der Waals surface area contributed by atoms with E-state index in [-0.39, 0.29) is 12.2 Å². The lowest BCUT2D eigenvalue weighted by atomic mass is 10.2. The smallest absolute Gasteiger partial charge is 0.161 e. The number of rotatable bonds is 2. The van der Waals surface area contributed by atoms with E-state index in [4.69, 9.17) is 5.73 Å². The van der Waals surface area contributed by atoms with Crippen molar-refractivity contribution in [2.75, 3.05) is 0 Å². The highest BCUT2D eigenvalue weighted by atomic mass is 19.2. The predicted molar refractivity (Wildman–Crippen MR) is 56.1 cm³/mol. The quantitative estimate of drug-likeness (QED) is 0.818. The van der Waals surface area contributed by atoms with Crippen LogP contribution < -0.4 is 5.73 Å². The van der Waals surface area contributed by atoms with E-state index < -0.39 is 17.5 Å². The molecule has 0 amide bonds. The third-order valence-electron chi connectivity index (χ3n) is 2.55. The van der Waals surface area contributed by atoms with E-state index >= 15 is 0 Å². The normalized spacial score (nSPS) is 10.9. The Morgan fingerprint density at radius 3 is 2.41 bits per heavy atom. The van der Waals surface area contributed by atoms with E-state index in [1.165, 1.54) is 10.9 Å². The van der Waals surface area contributed by atoms with Gasteiger partial charge in [0.2, 0.25) is 0 Å². The third-order valence-corrected chi connectivity index (χ3v) is 2.55. The van der Waals surface area contributed by atoms with Crippen LogP contribution in [0.4, 0.5) is 13.2 Å². The number of nitrogens with two attached hydrogens (primary N) is 1. The maximum Gasteiger partial charge on any atom is 0.161 e. The van der Waals surface area contributed by atoms with Crippen LogP contribution in [-0.2, 0) is 6.54 Å². The first-order valence-corrected chi connectivity index (χ1v) is 4.93. The lowest BCUT2D eigenvalue weighted by Gasteiger charge is -2.07. The molecule has 0 aliphatic carbocycles. The fourth-order valence-electron chi connectivity index (χ4n) is 1.56. The average Bonchev–Trinajstić information content (AvgIpc) is 2.65. The molecule has 0 radical (unpaired) electrons. The Hall–Kier alpha value is -1.82. The van der Waals surface area contributed by atoms with Crippen LogP contribution in [0.3, 0.4) is 0 Å². The van der Waals surface area contributed by atoms with Crippen LogP contribution in [-0.4, -0.2) is 9.78 Å². The molecular weight excluding hydrogens is 231 g/mol. The van der Waals surface area contributed by atoms with Gasteiger partial charge in [-0.25, -0.2) is 17.9 Å². The maximum absolute atomic E-state index is 13.5. The monoisotopic (exact) mass is 241 g/mol. The van der Waals surface area contributed by atoms with Gasteiger partial charge in [-0.2, -0.15) is 5.10 Å². The highest BCUT2D eigenvalue weighted by Gasteiger charge is 2.14. The van der Waals surface area contributed by atoms with E-state index in [9.17, 15) is 13.2 Å². The van der Waals surface area contributed by atoms with Crippen molar-refractivity contribution in [3.8, 4) is 5.69 Å². The SMILES string of the molecule is Cc1c(CN)cnn1-c1cc(F)c(F)cc1F. The van der Waals surface area contributed by atoms with E-state index in [0.29, 0.717) is 17.3 Å². The molecule has 0 atom stereocenters. The van der Waals surface area contributed by atoms with Gasteiger partial charge in [0.1, 0.15) is 5.69 Å². The van der Waals surface area contributed by atoms with Gasteiger partial charge in [-0.1, -0.05) is 0 Å². The standard InChI is InChI=1S/C11H10F3N3/c1-6-7(4-15)5-16-17(6)11-3-9(13)8(12)2-10(11)14/h2-3,5H,4,15H2,1H3. The molecule has 17 heavy (non-hydrogen) atoms. The lowest BCUT2D eigenvalue weighted by molar-refractivity contribution is 0.491. The molecule has 0 saturated heterocycles. The second-order valence-electron chi connectivity index (χ2n) is 3.59. The lowest BCUT2D eigenvalue weighted by Crippen LogP contribution is -2.05. The molecule has 1 aromatic carbocycles. The van der Waals surface area contributed by atoms with Crippen LogP contribution in [0.25, 0.3) is 5.69 Å². The first kappa shape index (κ1) is 11.7. The summed E-state index contributed by atoms with van der Waals surface area (Å²) in [6.07, 6.45) is 1.47. The van der Waals surface area contributed by atoms with Crippen molar-refractivity contribution in [2.45, 2.75) is 13.5 Å². The van der Waals surface area contributed by atoms with Gasteiger partial charge in [0.25, 0.3) is 0 Å². The van der Waals surface area contributed by atoms with Gasteiger partial charge in [-0.15, -0.1) is 0 Å². The minimum absolute atomic E-state index is 0.138. The van der Waals surface area contributed by atoms with E-state index in [1.54, 1.807) is 6.92 Å². The molecule has 0 spiro atoms. The molecule has 1 aromatic heterocycles. The summed E-state index contributed by atoms with van der Waals surface area (Å²) in [7, 11) is 0. The van der Waals surface area contributed by atoms with Crippen molar-refractivity contribution in [3.63, 3.8) is 0 Å². The number of benzene rings is 1. The van der Waals surface area contributed by atoms with Crippen molar-refractivity contribution >= 4 is 0 Å². The molecular formula is C11H10F3N3. The summed E-state index contributed by atoms with van der Waals surface area (Å²) >= 11 is 0. The zero-order chi connectivity index (χ0) is 12.6. The molecule has 2 aromatic rings. The summed E-state index contributed by atoms with van der Waals surface area (Å²) in [5.41, 5.74) is 6.63. The van der Waals surface area contributed by atoms with Crippen LogP contribution in [0.15, 0.2) is 18.3 Å². The molecule has 1 heterocycles.